The first kappa shape index (κ1) is 16.7. The highest BCUT2D eigenvalue weighted by Crippen LogP contribution is 2.30. The normalized spacial score (nSPS) is 17.5. The summed E-state index contributed by atoms with van der Waals surface area (Å²) in [6.45, 7) is 5.00. The second-order valence-corrected chi connectivity index (χ2v) is 8.83. The Kier molecular flexibility index (Phi) is 4.62. The molecule has 2 heterocycles. The Hall–Kier alpha value is -1.18. The van der Waals surface area contributed by atoms with Crippen molar-refractivity contribution in [2.24, 2.45) is 0 Å². The molecular formula is C16H20BrN3O2S. The Morgan fingerprint density at radius 1 is 1.17 bits per heavy atom. The van der Waals surface area contributed by atoms with Crippen LogP contribution in [0.3, 0.4) is 0 Å². The van der Waals surface area contributed by atoms with Gasteiger partial charge in [0.25, 0.3) is 0 Å². The van der Waals surface area contributed by atoms with Crippen LogP contribution < -0.4 is 0 Å². The highest BCUT2D eigenvalue weighted by Gasteiger charge is 2.31. The number of rotatable bonds is 3. The minimum atomic E-state index is -3.45. The number of hydrogen-bond acceptors (Lipinski definition) is 3. The van der Waals surface area contributed by atoms with Crippen molar-refractivity contribution in [1.82, 2.24) is 14.1 Å². The van der Waals surface area contributed by atoms with Gasteiger partial charge in [-0.1, -0.05) is 6.07 Å². The summed E-state index contributed by atoms with van der Waals surface area (Å²) in [6.07, 6.45) is 5.42. The van der Waals surface area contributed by atoms with Gasteiger partial charge in [-0.25, -0.2) is 8.42 Å². The maximum Gasteiger partial charge on any atom is 0.244 e. The average Bonchev–Trinajstić information content (AvgIpc) is 2.93. The largest absolute Gasteiger partial charge is 0.269 e. The second kappa shape index (κ2) is 6.37. The van der Waals surface area contributed by atoms with Gasteiger partial charge in [-0.3, -0.25) is 4.68 Å². The fourth-order valence-corrected chi connectivity index (χ4v) is 5.56. The first-order chi connectivity index (χ1) is 10.9. The molecule has 0 aliphatic carbocycles. The van der Waals surface area contributed by atoms with Crippen LogP contribution in [0.4, 0.5) is 0 Å². The number of aryl methyl sites for hydroxylation is 2. The highest BCUT2D eigenvalue weighted by molar-refractivity contribution is 9.10. The topological polar surface area (TPSA) is 55.2 Å². The quantitative estimate of drug-likeness (QED) is 0.798. The van der Waals surface area contributed by atoms with Crippen molar-refractivity contribution in [2.45, 2.75) is 37.6 Å². The lowest BCUT2D eigenvalue weighted by Crippen LogP contribution is -2.39. The van der Waals surface area contributed by atoms with Crippen LogP contribution in [0, 0.1) is 13.8 Å². The van der Waals surface area contributed by atoms with Gasteiger partial charge < -0.3 is 0 Å². The third-order valence-electron chi connectivity index (χ3n) is 4.23. The maximum absolute atomic E-state index is 12.8. The lowest BCUT2D eigenvalue weighted by atomic mass is 10.1. The predicted octanol–water partition coefficient (Wildman–Crippen LogP) is 3.29. The van der Waals surface area contributed by atoms with E-state index in [1.165, 1.54) is 0 Å². The molecule has 0 radical (unpaired) electrons. The van der Waals surface area contributed by atoms with Gasteiger partial charge in [0.1, 0.15) is 0 Å². The fourth-order valence-electron chi connectivity index (χ4n) is 2.93. The van der Waals surface area contributed by atoms with Gasteiger partial charge in [0.15, 0.2) is 0 Å². The van der Waals surface area contributed by atoms with Crippen molar-refractivity contribution >= 4 is 26.0 Å². The lowest BCUT2D eigenvalue weighted by molar-refractivity contribution is 0.261. The number of halogens is 1. The third kappa shape index (κ3) is 3.36. The van der Waals surface area contributed by atoms with Crippen LogP contribution in [0.25, 0.3) is 0 Å². The van der Waals surface area contributed by atoms with E-state index in [4.69, 9.17) is 0 Å². The summed E-state index contributed by atoms with van der Waals surface area (Å²) < 4.78 is 29.8. The molecule has 1 aliphatic heterocycles. The zero-order valence-electron chi connectivity index (χ0n) is 13.2. The number of nitrogens with zero attached hydrogens (tertiary/aromatic N) is 3. The van der Waals surface area contributed by atoms with Crippen LogP contribution in [0.1, 0.15) is 30.0 Å². The zero-order chi connectivity index (χ0) is 16.6. The number of benzene rings is 1. The molecule has 124 valence electrons. The highest BCUT2D eigenvalue weighted by atomic mass is 79.9. The molecule has 1 fully saturated rings. The van der Waals surface area contributed by atoms with Crippen LogP contribution in [0.15, 0.2) is 40.0 Å². The van der Waals surface area contributed by atoms with E-state index in [0.717, 1.165) is 24.0 Å². The number of piperidine rings is 1. The summed E-state index contributed by atoms with van der Waals surface area (Å²) in [7, 11) is -3.45. The van der Waals surface area contributed by atoms with E-state index in [1.807, 2.05) is 43.1 Å². The monoisotopic (exact) mass is 397 g/mol. The molecule has 2 aromatic rings. The molecule has 0 atom stereocenters. The predicted molar refractivity (Wildman–Crippen MR) is 92.9 cm³/mol. The van der Waals surface area contributed by atoms with Crippen LogP contribution in [-0.4, -0.2) is 35.6 Å². The molecule has 0 saturated carbocycles. The Morgan fingerprint density at radius 3 is 2.43 bits per heavy atom. The van der Waals surface area contributed by atoms with Crippen molar-refractivity contribution in [1.29, 1.82) is 0 Å². The van der Waals surface area contributed by atoms with Gasteiger partial charge in [0.2, 0.25) is 10.0 Å². The molecule has 3 rings (SSSR count). The molecule has 5 nitrogen and oxygen atoms in total. The first-order valence-electron chi connectivity index (χ1n) is 7.65. The van der Waals surface area contributed by atoms with Gasteiger partial charge in [-0.2, -0.15) is 9.40 Å². The van der Waals surface area contributed by atoms with Crippen molar-refractivity contribution in [3.05, 3.63) is 46.2 Å². The third-order valence-corrected chi connectivity index (χ3v) is 7.11. The zero-order valence-corrected chi connectivity index (χ0v) is 15.6. The first-order valence-corrected chi connectivity index (χ1v) is 9.88. The standard InChI is InChI=1S/C16H20BrN3O2S/c1-12-3-4-16(15(17)9-12)23(21,22)19-7-5-14(6-8-19)20-11-13(2)10-18-20/h3-4,9-11,14H,5-8H2,1-2H3. The van der Waals surface area contributed by atoms with E-state index >= 15 is 0 Å². The van der Waals surface area contributed by atoms with E-state index in [0.29, 0.717) is 22.5 Å². The number of hydrogen-bond donors (Lipinski definition) is 0. The summed E-state index contributed by atoms with van der Waals surface area (Å²) in [5, 5.41) is 4.35. The molecule has 7 heteroatoms. The summed E-state index contributed by atoms with van der Waals surface area (Å²) in [6, 6.07) is 5.62. The Labute approximate surface area is 145 Å². The van der Waals surface area contributed by atoms with E-state index in [9.17, 15) is 8.42 Å². The van der Waals surface area contributed by atoms with Crippen molar-refractivity contribution < 1.29 is 8.42 Å². The average molecular weight is 398 g/mol. The van der Waals surface area contributed by atoms with E-state index in [1.54, 1.807) is 10.4 Å². The SMILES string of the molecule is Cc1ccc(S(=O)(=O)N2CCC(n3cc(C)cn3)CC2)c(Br)c1. The molecule has 0 spiro atoms. The maximum atomic E-state index is 12.8. The number of sulfonamides is 1. The summed E-state index contributed by atoms with van der Waals surface area (Å²) >= 11 is 3.38. The van der Waals surface area contributed by atoms with E-state index in [-0.39, 0.29) is 6.04 Å². The van der Waals surface area contributed by atoms with Gasteiger partial charge in [0, 0.05) is 23.8 Å². The molecular weight excluding hydrogens is 378 g/mol. The van der Waals surface area contributed by atoms with E-state index in [2.05, 4.69) is 21.0 Å². The molecule has 0 unspecified atom stereocenters. The van der Waals surface area contributed by atoms with Gasteiger partial charge in [0.05, 0.1) is 17.1 Å². The minimum Gasteiger partial charge on any atom is -0.269 e. The Bertz CT molecular complexity index is 808. The molecule has 1 aromatic heterocycles. The summed E-state index contributed by atoms with van der Waals surface area (Å²) in [5.41, 5.74) is 2.16. The molecule has 1 aliphatic rings. The molecule has 1 aromatic carbocycles. The van der Waals surface area contributed by atoms with Gasteiger partial charge in [-0.05, 0) is 65.9 Å². The lowest BCUT2D eigenvalue weighted by Gasteiger charge is -2.31. The summed E-state index contributed by atoms with van der Waals surface area (Å²) in [5.74, 6) is 0. The van der Waals surface area contributed by atoms with Gasteiger partial charge in [-0.15, -0.1) is 0 Å². The van der Waals surface area contributed by atoms with Gasteiger partial charge >= 0.3 is 0 Å². The van der Waals surface area contributed by atoms with Crippen LogP contribution >= 0.6 is 15.9 Å². The van der Waals surface area contributed by atoms with E-state index < -0.39 is 10.0 Å². The van der Waals surface area contributed by atoms with Crippen molar-refractivity contribution in [3.8, 4) is 0 Å². The smallest absolute Gasteiger partial charge is 0.244 e. The fraction of sp³-hybridized carbons (Fsp3) is 0.438. The molecule has 0 bridgehead atoms. The molecule has 23 heavy (non-hydrogen) atoms. The van der Waals surface area contributed by atoms with Crippen molar-refractivity contribution in [3.63, 3.8) is 0 Å². The van der Waals surface area contributed by atoms with Crippen LogP contribution in [0.5, 0.6) is 0 Å². The molecule has 0 amide bonds. The number of aromatic nitrogens is 2. The van der Waals surface area contributed by atoms with Crippen molar-refractivity contribution in [2.75, 3.05) is 13.1 Å². The minimum absolute atomic E-state index is 0.275. The summed E-state index contributed by atoms with van der Waals surface area (Å²) in [4.78, 5) is 0.344. The Morgan fingerprint density at radius 2 is 1.87 bits per heavy atom. The van der Waals surface area contributed by atoms with Crippen LogP contribution in [0.2, 0.25) is 0 Å². The molecule has 0 N–H and O–H groups in total. The Balaban J connectivity index is 1.76. The second-order valence-electron chi connectivity index (χ2n) is 6.07. The molecule has 1 saturated heterocycles. The van der Waals surface area contributed by atoms with Crippen LogP contribution in [-0.2, 0) is 10.0 Å².